The van der Waals surface area contributed by atoms with Crippen molar-refractivity contribution in [1.82, 2.24) is 24.7 Å². The van der Waals surface area contributed by atoms with Crippen LogP contribution in [0.2, 0.25) is 0 Å². The Hall–Kier alpha value is -3.33. The largest absolute Gasteiger partial charge is 0.326 e. The van der Waals surface area contributed by atoms with Gasteiger partial charge in [-0.05, 0) is 43.2 Å². The molecule has 0 radical (unpaired) electrons. The van der Waals surface area contributed by atoms with Gasteiger partial charge in [-0.2, -0.15) is 5.10 Å². The lowest BCUT2D eigenvalue weighted by Gasteiger charge is -2.08. The molecular formula is C22H19BrN6O2. The van der Waals surface area contributed by atoms with E-state index in [9.17, 15) is 9.59 Å². The Kier molecular flexibility index (Phi) is 5.11. The normalized spacial score (nSPS) is 13.5. The zero-order valence-electron chi connectivity index (χ0n) is 16.5. The molecule has 0 spiro atoms. The van der Waals surface area contributed by atoms with E-state index in [0.717, 1.165) is 28.7 Å². The Morgan fingerprint density at radius 2 is 2.10 bits per heavy atom. The van der Waals surface area contributed by atoms with E-state index in [1.807, 2.05) is 30.3 Å². The second-order valence-electron chi connectivity index (χ2n) is 7.60. The summed E-state index contributed by atoms with van der Waals surface area (Å²) in [6.45, 7) is 0.242. The first kappa shape index (κ1) is 19.6. The highest BCUT2D eigenvalue weighted by Gasteiger charge is 2.27. The Morgan fingerprint density at radius 3 is 2.94 bits per heavy atom. The zero-order chi connectivity index (χ0) is 21.4. The second-order valence-corrected chi connectivity index (χ2v) is 8.52. The highest BCUT2D eigenvalue weighted by molar-refractivity contribution is 9.10. The number of amides is 1. The first-order valence-electron chi connectivity index (χ1n) is 10.0. The van der Waals surface area contributed by atoms with Gasteiger partial charge >= 0.3 is 0 Å². The van der Waals surface area contributed by atoms with Gasteiger partial charge in [0.25, 0.3) is 5.56 Å². The van der Waals surface area contributed by atoms with E-state index in [-0.39, 0.29) is 24.4 Å². The Morgan fingerprint density at radius 1 is 1.23 bits per heavy atom. The third-order valence-corrected chi connectivity index (χ3v) is 5.73. The number of halogens is 1. The summed E-state index contributed by atoms with van der Waals surface area (Å²) in [5.74, 6) is 1.86. The van der Waals surface area contributed by atoms with Crippen LogP contribution in [0.1, 0.15) is 31.0 Å². The minimum atomic E-state index is -0.188. The van der Waals surface area contributed by atoms with Crippen LogP contribution in [0.3, 0.4) is 0 Å². The zero-order valence-corrected chi connectivity index (χ0v) is 18.1. The number of aromatic amines is 1. The van der Waals surface area contributed by atoms with Crippen molar-refractivity contribution in [3.63, 3.8) is 0 Å². The first-order chi connectivity index (χ1) is 15.1. The molecular weight excluding hydrogens is 460 g/mol. The standard InChI is InChI=1S/C22H19BrN6O2/c23-15-6-7-18-17(11-15)22(31)29(12-24-18)9-8-19(30)25-16-3-1-2-14(10-16)21-26-20(27-28-21)13-4-5-13/h1-3,6-7,10-13H,4-5,8-9H2,(H,25,30)(H,26,27,28). The molecule has 2 N–H and O–H groups in total. The summed E-state index contributed by atoms with van der Waals surface area (Å²) in [5, 5.41) is 10.7. The number of carbonyl (C=O) groups excluding carboxylic acids is 1. The molecule has 1 saturated carbocycles. The van der Waals surface area contributed by atoms with Crippen LogP contribution < -0.4 is 10.9 Å². The van der Waals surface area contributed by atoms with Crippen molar-refractivity contribution in [1.29, 1.82) is 0 Å². The lowest BCUT2D eigenvalue weighted by Crippen LogP contribution is -2.23. The lowest BCUT2D eigenvalue weighted by molar-refractivity contribution is -0.116. The number of hydrogen-bond acceptors (Lipinski definition) is 5. The number of benzene rings is 2. The summed E-state index contributed by atoms with van der Waals surface area (Å²) in [7, 11) is 0. The van der Waals surface area contributed by atoms with Crippen LogP contribution in [0.25, 0.3) is 22.3 Å². The Balaban J connectivity index is 1.26. The molecule has 0 bridgehead atoms. The molecule has 31 heavy (non-hydrogen) atoms. The van der Waals surface area contributed by atoms with E-state index in [1.54, 1.807) is 12.1 Å². The fourth-order valence-electron chi connectivity index (χ4n) is 3.41. The van der Waals surface area contributed by atoms with Gasteiger partial charge in [0, 0.05) is 34.6 Å². The summed E-state index contributed by atoms with van der Waals surface area (Å²) in [6, 6.07) is 12.8. The number of aromatic nitrogens is 5. The van der Waals surface area contributed by atoms with E-state index in [2.05, 4.69) is 41.4 Å². The van der Waals surface area contributed by atoms with Gasteiger partial charge in [0.2, 0.25) is 5.91 Å². The molecule has 2 heterocycles. The summed E-state index contributed by atoms with van der Waals surface area (Å²) in [6.07, 6.45) is 3.93. The maximum absolute atomic E-state index is 12.7. The van der Waals surface area contributed by atoms with Gasteiger partial charge < -0.3 is 5.32 Å². The number of rotatable bonds is 6. The number of aryl methyl sites for hydroxylation is 1. The van der Waals surface area contributed by atoms with Gasteiger partial charge in [-0.25, -0.2) is 9.97 Å². The number of anilines is 1. The Labute approximate surface area is 185 Å². The maximum Gasteiger partial charge on any atom is 0.261 e. The molecule has 1 fully saturated rings. The molecule has 1 aliphatic rings. The molecule has 8 nitrogen and oxygen atoms in total. The van der Waals surface area contributed by atoms with Crippen LogP contribution in [-0.4, -0.2) is 30.6 Å². The molecule has 0 unspecified atom stereocenters. The smallest absolute Gasteiger partial charge is 0.261 e. The Bertz CT molecular complexity index is 1340. The van der Waals surface area contributed by atoms with Crippen molar-refractivity contribution in [2.75, 3.05) is 5.32 Å². The van der Waals surface area contributed by atoms with E-state index in [4.69, 9.17) is 0 Å². The maximum atomic E-state index is 12.7. The molecule has 4 aromatic rings. The average Bonchev–Trinajstić information content (AvgIpc) is 3.50. The van der Waals surface area contributed by atoms with Crippen molar-refractivity contribution in [3.05, 3.63) is 69.4 Å². The molecule has 0 aliphatic heterocycles. The van der Waals surface area contributed by atoms with Crippen molar-refractivity contribution in [3.8, 4) is 11.4 Å². The number of H-pyrrole nitrogens is 1. The van der Waals surface area contributed by atoms with Crippen molar-refractivity contribution >= 4 is 38.4 Å². The summed E-state index contributed by atoms with van der Waals surface area (Å²) < 4.78 is 2.27. The van der Waals surface area contributed by atoms with Crippen LogP contribution in [0, 0.1) is 0 Å². The third-order valence-electron chi connectivity index (χ3n) is 5.24. The molecule has 1 amide bonds. The number of nitrogens with zero attached hydrogens (tertiary/aromatic N) is 4. The molecule has 2 aromatic carbocycles. The van der Waals surface area contributed by atoms with Gasteiger partial charge in [0.1, 0.15) is 5.82 Å². The molecule has 1 aliphatic carbocycles. The van der Waals surface area contributed by atoms with Gasteiger partial charge in [0.05, 0.1) is 17.2 Å². The number of hydrogen-bond donors (Lipinski definition) is 2. The third kappa shape index (κ3) is 4.27. The highest BCUT2D eigenvalue weighted by Crippen LogP contribution is 2.38. The van der Waals surface area contributed by atoms with E-state index >= 15 is 0 Å². The SMILES string of the molecule is O=C(CCn1cnc2ccc(Br)cc2c1=O)Nc1cccc(-c2n[nH]c(C3CC3)n2)c1. The number of fused-ring (bicyclic) bond motifs is 1. The van der Waals surface area contributed by atoms with E-state index < -0.39 is 0 Å². The van der Waals surface area contributed by atoms with Crippen LogP contribution in [0.5, 0.6) is 0 Å². The summed E-state index contributed by atoms with van der Waals surface area (Å²) in [4.78, 5) is 34.0. The molecule has 5 rings (SSSR count). The second kappa shape index (κ2) is 8.07. The van der Waals surface area contributed by atoms with Gasteiger partial charge in [-0.3, -0.25) is 19.3 Å². The predicted octanol–water partition coefficient (Wildman–Crippen LogP) is 3.85. The van der Waals surface area contributed by atoms with Crippen molar-refractivity contribution in [2.24, 2.45) is 0 Å². The van der Waals surface area contributed by atoms with Crippen LogP contribution >= 0.6 is 15.9 Å². The fourth-order valence-corrected chi connectivity index (χ4v) is 3.78. The van der Waals surface area contributed by atoms with Crippen LogP contribution in [0.4, 0.5) is 5.69 Å². The molecule has 156 valence electrons. The lowest BCUT2D eigenvalue weighted by atomic mass is 10.2. The van der Waals surface area contributed by atoms with Gasteiger partial charge in [-0.15, -0.1) is 0 Å². The van der Waals surface area contributed by atoms with Gasteiger partial charge in [0.15, 0.2) is 5.82 Å². The monoisotopic (exact) mass is 478 g/mol. The highest BCUT2D eigenvalue weighted by atomic mass is 79.9. The molecule has 9 heteroatoms. The van der Waals surface area contributed by atoms with Crippen molar-refractivity contribution in [2.45, 2.75) is 31.7 Å². The number of carbonyl (C=O) groups is 1. The topological polar surface area (TPSA) is 106 Å². The fraction of sp³-hybridized carbons (Fsp3) is 0.227. The molecule has 0 saturated heterocycles. The quantitative estimate of drug-likeness (QED) is 0.437. The molecule has 0 atom stereocenters. The summed E-state index contributed by atoms with van der Waals surface area (Å²) in [5.41, 5.74) is 1.95. The minimum Gasteiger partial charge on any atom is -0.326 e. The predicted molar refractivity (Wildman–Crippen MR) is 121 cm³/mol. The van der Waals surface area contributed by atoms with Crippen molar-refractivity contribution < 1.29 is 4.79 Å². The van der Waals surface area contributed by atoms with Gasteiger partial charge in [-0.1, -0.05) is 28.1 Å². The van der Waals surface area contributed by atoms with E-state index in [0.29, 0.717) is 28.3 Å². The first-order valence-corrected chi connectivity index (χ1v) is 10.8. The average molecular weight is 479 g/mol. The summed E-state index contributed by atoms with van der Waals surface area (Å²) >= 11 is 3.37. The molecule has 2 aromatic heterocycles. The van der Waals surface area contributed by atoms with Crippen LogP contribution in [0.15, 0.2) is 58.1 Å². The van der Waals surface area contributed by atoms with E-state index in [1.165, 1.54) is 10.9 Å². The number of nitrogens with one attached hydrogen (secondary N) is 2. The minimum absolute atomic E-state index is 0.151. The van der Waals surface area contributed by atoms with Crippen LogP contribution in [-0.2, 0) is 11.3 Å².